The van der Waals surface area contributed by atoms with Crippen LogP contribution in [0.1, 0.15) is 34.1 Å². The lowest BCUT2D eigenvalue weighted by Gasteiger charge is -2.13. The number of hydrogen-bond acceptors (Lipinski definition) is 3. The van der Waals surface area contributed by atoms with Crippen molar-refractivity contribution in [1.29, 1.82) is 0 Å². The van der Waals surface area contributed by atoms with Crippen LogP contribution in [0.4, 0.5) is 4.39 Å². The summed E-state index contributed by atoms with van der Waals surface area (Å²) in [6.45, 7) is 6.49. The van der Waals surface area contributed by atoms with Gasteiger partial charge in [-0.15, -0.1) is 11.3 Å². The molecule has 1 N–H and O–H groups in total. The molecule has 1 aromatic carbocycles. The van der Waals surface area contributed by atoms with Crippen LogP contribution in [0.3, 0.4) is 0 Å². The molecule has 1 heterocycles. The van der Waals surface area contributed by atoms with Gasteiger partial charge in [-0.05, 0) is 39.0 Å². The van der Waals surface area contributed by atoms with Crippen LogP contribution in [0, 0.1) is 19.7 Å². The Labute approximate surface area is 121 Å². The standard InChI is InChI=1S/C14H16ClFN2S/c1-8(14-9(2)18-10(3)19-14)17-7-11-6-12(15)4-5-13(11)16/h4-6,8,17H,7H2,1-3H3. The number of nitrogens with zero attached hydrogens (tertiary/aromatic N) is 1. The lowest BCUT2D eigenvalue weighted by atomic mass is 10.2. The molecule has 2 nitrogen and oxygen atoms in total. The van der Waals surface area contributed by atoms with E-state index in [0.29, 0.717) is 17.1 Å². The molecule has 2 rings (SSSR count). The zero-order valence-corrected chi connectivity index (χ0v) is 12.7. The fourth-order valence-electron chi connectivity index (χ4n) is 1.98. The van der Waals surface area contributed by atoms with E-state index in [4.69, 9.17) is 11.6 Å². The molecule has 0 saturated heterocycles. The minimum Gasteiger partial charge on any atom is -0.305 e. The van der Waals surface area contributed by atoms with E-state index in [0.717, 1.165) is 10.7 Å². The monoisotopic (exact) mass is 298 g/mol. The maximum Gasteiger partial charge on any atom is 0.127 e. The van der Waals surface area contributed by atoms with E-state index in [1.165, 1.54) is 10.9 Å². The molecule has 0 aliphatic rings. The second-order valence-corrected chi connectivity index (χ2v) is 6.19. The Kier molecular flexibility index (Phi) is 4.55. The minimum atomic E-state index is -0.235. The molecule has 19 heavy (non-hydrogen) atoms. The molecule has 1 aromatic heterocycles. The zero-order chi connectivity index (χ0) is 14.0. The van der Waals surface area contributed by atoms with Gasteiger partial charge < -0.3 is 5.32 Å². The molecule has 0 saturated carbocycles. The molecule has 0 amide bonds. The van der Waals surface area contributed by atoms with Crippen LogP contribution in [0.15, 0.2) is 18.2 Å². The third-order valence-corrected chi connectivity index (χ3v) is 4.43. The van der Waals surface area contributed by atoms with Crippen molar-refractivity contribution in [1.82, 2.24) is 10.3 Å². The average Bonchev–Trinajstić information content (AvgIpc) is 2.69. The van der Waals surface area contributed by atoms with Crippen LogP contribution in [0.5, 0.6) is 0 Å². The predicted octanol–water partition coefficient (Wildman–Crippen LogP) is 4.40. The van der Waals surface area contributed by atoms with Gasteiger partial charge in [0.05, 0.1) is 10.7 Å². The van der Waals surface area contributed by atoms with Gasteiger partial charge in [0.1, 0.15) is 5.82 Å². The normalized spacial score (nSPS) is 12.7. The van der Waals surface area contributed by atoms with Gasteiger partial charge in [0.15, 0.2) is 0 Å². The lowest BCUT2D eigenvalue weighted by Crippen LogP contribution is -2.18. The highest BCUT2D eigenvalue weighted by Crippen LogP contribution is 2.25. The second-order valence-electron chi connectivity index (χ2n) is 4.52. The highest BCUT2D eigenvalue weighted by molar-refractivity contribution is 7.11. The molecule has 0 bridgehead atoms. The van der Waals surface area contributed by atoms with Gasteiger partial charge in [-0.25, -0.2) is 9.37 Å². The fourth-order valence-corrected chi connectivity index (χ4v) is 3.13. The summed E-state index contributed by atoms with van der Waals surface area (Å²) in [7, 11) is 0. The highest BCUT2D eigenvalue weighted by Gasteiger charge is 2.13. The maximum absolute atomic E-state index is 13.6. The number of thiazole rings is 1. The first-order valence-electron chi connectivity index (χ1n) is 6.08. The number of halogens is 2. The molecule has 0 fully saturated rings. The van der Waals surface area contributed by atoms with Crippen LogP contribution in [0.2, 0.25) is 5.02 Å². The van der Waals surface area contributed by atoms with Gasteiger partial charge >= 0.3 is 0 Å². The Hall–Kier alpha value is -0.970. The maximum atomic E-state index is 13.6. The van der Waals surface area contributed by atoms with E-state index in [2.05, 4.69) is 17.2 Å². The molecule has 102 valence electrons. The predicted molar refractivity (Wildman–Crippen MR) is 78.3 cm³/mol. The molecular formula is C14H16ClFN2S. The first kappa shape index (κ1) is 14.4. The Bertz CT molecular complexity index is 583. The van der Waals surface area contributed by atoms with E-state index >= 15 is 0 Å². The molecule has 0 aliphatic carbocycles. The van der Waals surface area contributed by atoms with Gasteiger partial charge in [0.25, 0.3) is 0 Å². The summed E-state index contributed by atoms with van der Waals surface area (Å²) in [6, 6.07) is 4.75. The summed E-state index contributed by atoms with van der Waals surface area (Å²) in [6.07, 6.45) is 0. The highest BCUT2D eigenvalue weighted by atomic mass is 35.5. The Balaban J connectivity index is 2.06. The Morgan fingerprint density at radius 3 is 2.79 bits per heavy atom. The largest absolute Gasteiger partial charge is 0.305 e. The SMILES string of the molecule is Cc1nc(C)c(C(C)NCc2cc(Cl)ccc2F)s1. The molecule has 5 heteroatoms. The fraction of sp³-hybridized carbons (Fsp3) is 0.357. The summed E-state index contributed by atoms with van der Waals surface area (Å²) in [5, 5.41) is 4.91. The number of aryl methyl sites for hydroxylation is 2. The topological polar surface area (TPSA) is 24.9 Å². The molecular weight excluding hydrogens is 283 g/mol. The van der Waals surface area contributed by atoms with Gasteiger partial charge in [-0.1, -0.05) is 11.6 Å². The third-order valence-electron chi connectivity index (χ3n) is 2.94. The van der Waals surface area contributed by atoms with Crippen LogP contribution < -0.4 is 5.32 Å². The minimum absolute atomic E-state index is 0.143. The number of aromatic nitrogens is 1. The van der Waals surface area contributed by atoms with Crippen LogP contribution in [-0.4, -0.2) is 4.98 Å². The van der Waals surface area contributed by atoms with Crippen LogP contribution >= 0.6 is 22.9 Å². The van der Waals surface area contributed by atoms with Crippen LogP contribution in [0.25, 0.3) is 0 Å². The summed E-state index contributed by atoms with van der Waals surface area (Å²) in [5.41, 5.74) is 1.62. The number of hydrogen-bond donors (Lipinski definition) is 1. The van der Waals surface area contributed by atoms with Crippen LogP contribution in [-0.2, 0) is 6.54 Å². The Morgan fingerprint density at radius 1 is 1.42 bits per heavy atom. The molecule has 0 aliphatic heterocycles. The van der Waals surface area contributed by atoms with E-state index in [1.54, 1.807) is 23.5 Å². The van der Waals surface area contributed by atoms with Gasteiger partial charge in [-0.3, -0.25) is 0 Å². The van der Waals surface area contributed by atoms with Crippen molar-refractivity contribution in [3.63, 3.8) is 0 Å². The second kappa shape index (κ2) is 5.99. The van der Waals surface area contributed by atoms with Crippen molar-refractivity contribution in [3.05, 3.63) is 50.2 Å². The number of benzene rings is 1. The molecule has 0 spiro atoms. The third kappa shape index (κ3) is 3.53. The Morgan fingerprint density at radius 2 is 2.16 bits per heavy atom. The van der Waals surface area contributed by atoms with E-state index < -0.39 is 0 Å². The number of nitrogens with one attached hydrogen (secondary N) is 1. The van der Waals surface area contributed by atoms with Crippen molar-refractivity contribution in [2.75, 3.05) is 0 Å². The first-order chi connectivity index (χ1) is 8.97. The van der Waals surface area contributed by atoms with Gasteiger partial charge in [0, 0.05) is 28.0 Å². The smallest absolute Gasteiger partial charge is 0.127 e. The quantitative estimate of drug-likeness (QED) is 0.905. The van der Waals surface area contributed by atoms with E-state index in [9.17, 15) is 4.39 Å². The van der Waals surface area contributed by atoms with Gasteiger partial charge in [-0.2, -0.15) is 0 Å². The average molecular weight is 299 g/mol. The summed E-state index contributed by atoms with van der Waals surface area (Å²) >= 11 is 7.55. The summed E-state index contributed by atoms with van der Waals surface area (Å²) < 4.78 is 13.6. The molecule has 1 atom stereocenters. The van der Waals surface area contributed by atoms with Crippen molar-refractivity contribution < 1.29 is 4.39 Å². The van der Waals surface area contributed by atoms with E-state index in [1.807, 2.05) is 13.8 Å². The van der Waals surface area contributed by atoms with Crippen molar-refractivity contribution in [2.45, 2.75) is 33.4 Å². The molecule has 1 unspecified atom stereocenters. The van der Waals surface area contributed by atoms with E-state index in [-0.39, 0.29) is 11.9 Å². The zero-order valence-electron chi connectivity index (χ0n) is 11.1. The number of rotatable bonds is 4. The van der Waals surface area contributed by atoms with Crippen molar-refractivity contribution >= 4 is 22.9 Å². The molecule has 0 radical (unpaired) electrons. The first-order valence-corrected chi connectivity index (χ1v) is 7.28. The molecule has 2 aromatic rings. The van der Waals surface area contributed by atoms with Crippen molar-refractivity contribution in [2.24, 2.45) is 0 Å². The van der Waals surface area contributed by atoms with Gasteiger partial charge in [0.2, 0.25) is 0 Å². The van der Waals surface area contributed by atoms with Crippen molar-refractivity contribution in [3.8, 4) is 0 Å². The summed E-state index contributed by atoms with van der Waals surface area (Å²) in [4.78, 5) is 5.60. The lowest BCUT2D eigenvalue weighted by molar-refractivity contribution is 0.547. The summed E-state index contributed by atoms with van der Waals surface area (Å²) in [5.74, 6) is -0.235.